The van der Waals surface area contributed by atoms with E-state index in [4.69, 9.17) is 16.3 Å². The van der Waals surface area contributed by atoms with Gasteiger partial charge in [-0.2, -0.15) is 0 Å². The molecule has 1 aromatic carbocycles. The smallest absolute Gasteiger partial charge is 0.410 e. The summed E-state index contributed by atoms with van der Waals surface area (Å²) in [6.07, 6.45) is 0.380. The molecule has 1 aliphatic rings. The monoisotopic (exact) mass is 311 g/mol. The number of hydrogen-bond donors (Lipinski definition) is 1. The van der Waals surface area contributed by atoms with Crippen LogP contribution in [0.3, 0.4) is 0 Å². The molecule has 4 nitrogen and oxygen atoms in total. The molecule has 1 heterocycles. The van der Waals surface area contributed by atoms with Gasteiger partial charge in [-0.3, -0.25) is 0 Å². The Morgan fingerprint density at radius 1 is 1.48 bits per heavy atom. The van der Waals surface area contributed by atoms with Gasteiger partial charge in [-0.05, 0) is 50.5 Å². The number of fused-ring (bicyclic) bond motifs is 1. The van der Waals surface area contributed by atoms with Gasteiger partial charge in [0.05, 0.1) is 6.61 Å². The fraction of sp³-hybridized carbons (Fsp3) is 0.562. The molecule has 5 heteroatoms. The van der Waals surface area contributed by atoms with Crippen molar-refractivity contribution in [1.29, 1.82) is 0 Å². The fourth-order valence-electron chi connectivity index (χ4n) is 2.55. The maximum absolute atomic E-state index is 12.2. The van der Waals surface area contributed by atoms with E-state index in [1.807, 2.05) is 39.0 Å². The van der Waals surface area contributed by atoms with Crippen LogP contribution in [0, 0.1) is 0 Å². The highest BCUT2D eigenvalue weighted by Gasteiger charge is 2.28. The molecule has 0 aromatic heterocycles. The van der Waals surface area contributed by atoms with Gasteiger partial charge in [-0.15, -0.1) is 0 Å². The third-order valence-corrected chi connectivity index (χ3v) is 3.74. The first-order valence-electron chi connectivity index (χ1n) is 7.17. The second-order valence-electron chi connectivity index (χ2n) is 6.40. The summed E-state index contributed by atoms with van der Waals surface area (Å²) in [7, 11) is 0. The van der Waals surface area contributed by atoms with Crippen molar-refractivity contribution >= 4 is 17.7 Å². The Morgan fingerprint density at radius 3 is 2.81 bits per heavy atom. The number of aliphatic hydroxyl groups is 1. The maximum Gasteiger partial charge on any atom is 0.410 e. The summed E-state index contributed by atoms with van der Waals surface area (Å²) in [6, 6.07) is 5.68. The summed E-state index contributed by atoms with van der Waals surface area (Å²) in [5, 5.41) is 10.3. The van der Waals surface area contributed by atoms with Gasteiger partial charge in [0, 0.05) is 24.0 Å². The quantitative estimate of drug-likeness (QED) is 0.866. The van der Waals surface area contributed by atoms with Gasteiger partial charge in [0.25, 0.3) is 0 Å². The molecule has 1 amide bonds. The summed E-state index contributed by atoms with van der Waals surface area (Å²) < 4.78 is 5.43. The molecule has 1 N–H and O–H groups in total. The summed E-state index contributed by atoms with van der Waals surface area (Å²) in [4.78, 5) is 13.9. The number of ether oxygens (including phenoxy) is 1. The van der Waals surface area contributed by atoms with Crippen LogP contribution in [0.15, 0.2) is 18.2 Å². The van der Waals surface area contributed by atoms with Gasteiger partial charge < -0.3 is 14.7 Å². The van der Waals surface area contributed by atoms with Crippen molar-refractivity contribution < 1.29 is 14.6 Å². The Balaban J connectivity index is 2.20. The molecule has 0 bridgehead atoms. The molecule has 21 heavy (non-hydrogen) atoms. The minimum absolute atomic E-state index is 0.00602. The molecule has 0 spiro atoms. The van der Waals surface area contributed by atoms with Crippen molar-refractivity contribution in [2.24, 2.45) is 0 Å². The number of carbonyl (C=O) groups is 1. The topological polar surface area (TPSA) is 49.8 Å². The zero-order valence-corrected chi connectivity index (χ0v) is 13.5. The van der Waals surface area contributed by atoms with E-state index in [2.05, 4.69) is 0 Å². The predicted molar refractivity (Wildman–Crippen MR) is 82.8 cm³/mol. The molecule has 0 radical (unpaired) electrons. The lowest BCUT2D eigenvalue weighted by Crippen LogP contribution is -2.39. The van der Waals surface area contributed by atoms with E-state index in [-0.39, 0.29) is 18.6 Å². The number of benzene rings is 1. The van der Waals surface area contributed by atoms with Gasteiger partial charge in [-0.1, -0.05) is 17.7 Å². The average molecular weight is 312 g/mol. The molecule has 0 fully saturated rings. The summed E-state index contributed by atoms with van der Waals surface area (Å²) in [5.41, 5.74) is 1.63. The maximum atomic E-state index is 12.2. The Hall–Kier alpha value is -1.26. The molecule has 1 atom stereocenters. The van der Waals surface area contributed by atoms with Crippen molar-refractivity contribution in [2.75, 3.05) is 19.7 Å². The van der Waals surface area contributed by atoms with E-state index >= 15 is 0 Å². The van der Waals surface area contributed by atoms with Crippen LogP contribution in [0.4, 0.5) is 4.79 Å². The molecule has 0 aliphatic carbocycles. The van der Waals surface area contributed by atoms with Crippen LogP contribution in [-0.2, 0) is 11.2 Å². The number of carbonyl (C=O) groups excluding carboxylic acids is 1. The van der Waals surface area contributed by atoms with Crippen molar-refractivity contribution in [3.05, 3.63) is 34.3 Å². The molecule has 0 saturated heterocycles. The average Bonchev–Trinajstić information content (AvgIpc) is 2.55. The van der Waals surface area contributed by atoms with Crippen molar-refractivity contribution in [3.63, 3.8) is 0 Å². The Kier molecular flexibility index (Phi) is 4.79. The van der Waals surface area contributed by atoms with Gasteiger partial charge in [0.15, 0.2) is 0 Å². The summed E-state index contributed by atoms with van der Waals surface area (Å²) in [5.74, 6) is -0.104. The molecule has 1 unspecified atom stereocenters. The van der Waals surface area contributed by atoms with Gasteiger partial charge in [0.2, 0.25) is 0 Å². The molecular weight excluding hydrogens is 290 g/mol. The number of aliphatic hydroxyl groups excluding tert-OH is 1. The lowest BCUT2D eigenvalue weighted by molar-refractivity contribution is 0.0236. The van der Waals surface area contributed by atoms with Gasteiger partial charge in [0.1, 0.15) is 5.60 Å². The predicted octanol–water partition coefficient (Wildman–Crippen LogP) is 3.21. The van der Waals surface area contributed by atoms with Crippen LogP contribution in [-0.4, -0.2) is 41.4 Å². The second kappa shape index (κ2) is 6.24. The van der Waals surface area contributed by atoms with Gasteiger partial charge >= 0.3 is 6.09 Å². The fourth-order valence-corrected chi connectivity index (χ4v) is 2.74. The van der Waals surface area contributed by atoms with Crippen LogP contribution in [0.1, 0.15) is 37.8 Å². The number of nitrogens with zero attached hydrogens (tertiary/aromatic N) is 1. The van der Waals surface area contributed by atoms with Crippen LogP contribution < -0.4 is 0 Å². The van der Waals surface area contributed by atoms with Crippen molar-refractivity contribution in [1.82, 2.24) is 4.90 Å². The van der Waals surface area contributed by atoms with E-state index in [1.54, 1.807) is 4.90 Å². The first kappa shape index (κ1) is 16.1. The number of amides is 1. The first-order valence-corrected chi connectivity index (χ1v) is 7.55. The highest BCUT2D eigenvalue weighted by molar-refractivity contribution is 6.30. The largest absolute Gasteiger partial charge is 0.444 e. The summed E-state index contributed by atoms with van der Waals surface area (Å²) >= 11 is 6.04. The van der Waals surface area contributed by atoms with Crippen LogP contribution >= 0.6 is 11.6 Å². The molecule has 2 rings (SSSR count). The molecule has 1 aliphatic heterocycles. The third-order valence-electron chi connectivity index (χ3n) is 3.51. The number of halogens is 1. The van der Waals surface area contributed by atoms with Crippen LogP contribution in [0.5, 0.6) is 0 Å². The second-order valence-corrected chi connectivity index (χ2v) is 6.84. The summed E-state index contributed by atoms with van der Waals surface area (Å²) in [6.45, 7) is 6.56. The van der Waals surface area contributed by atoms with E-state index < -0.39 is 5.60 Å². The van der Waals surface area contributed by atoms with Crippen LogP contribution in [0.2, 0.25) is 5.02 Å². The van der Waals surface area contributed by atoms with Crippen LogP contribution in [0.25, 0.3) is 0 Å². The molecule has 1 aromatic rings. The van der Waals surface area contributed by atoms with E-state index in [0.29, 0.717) is 24.5 Å². The number of hydrogen-bond acceptors (Lipinski definition) is 3. The molecule has 0 saturated carbocycles. The lowest BCUT2D eigenvalue weighted by atomic mass is 9.94. The highest BCUT2D eigenvalue weighted by Crippen LogP contribution is 2.28. The van der Waals surface area contributed by atoms with Crippen molar-refractivity contribution in [2.45, 2.75) is 38.7 Å². The van der Waals surface area contributed by atoms with Gasteiger partial charge in [-0.25, -0.2) is 4.79 Å². The Morgan fingerprint density at radius 2 is 2.19 bits per heavy atom. The third kappa shape index (κ3) is 4.11. The Labute approximate surface area is 130 Å². The standard InChI is InChI=1S/C16H22ClNO3/c1-16(2,3)21-15(20)18-7-6-11-8-13(17)4-5-14(11)12(9-18)10-19/h4-5,8,12,19H,6-7,9-10H2,1-3H3. The highest BCUT2D eigenvalue weighted by atomic mass is 35.5. The lowest BCUT2D eigenvalue weighted by Gasteiger charge is -2.28. The van der Waals surface area contributed by atoms with E-state index in [9.17, 15) is 9.90 Å². The Bertz CT molecular complexity index is 525. The SMILES string of the molecule is CC(C)(C)OC(=O)N1CCc2cc(Cl)ccc2C(CO)C1. The molecule has 116 valence electrons. The van der Waals surface area contributed by atoms with E-state index in [1.165, 1.54) is 0 Å². The van der Waals surface area contributed by atoms with Crippen molar-refractivity contribution in [3.8, 4) is 0 Å². The zero-order chi connectivity index (χ0) is 15.6. The molecular formula is C16H22ClNO3. The minimum Gasteiger partial charge on any atom is -0.444 e. The minimum atomic E-state index is -0.520. The first-order chi connectivity index (χ1) is 9.80. The van der Waals surface area contributed by atoms with E-state index in [0.717, 1.165) is 11.1 Å². The number of rotatable bonds is 1. The zero-order valence-electron chi connectivity index (χ0n) is 12.7. The normalized spacial score (nSPS) is 18.9.